The molecule has 2 aromatic rings. The summed E-state index contributed by atoms with van der Waals surface area (Å²) in [6.45, 7) is 3.93. The molecule has 0 heterocycles. The number of alkyl halides is 3. The number of ether oxygens (including phenoxy) is 1. The van der Waals surface area contributed by atoms with Crippen molar-refractivity contribution in [1.82, 2.24) is 0 Å². The summed E-state index contributed by atoms with van der Waals surface area (Å²) in [5, 5.41) is 57.1. The van der Waals surface area contributed by atoms with Crippen molar-refractivity contribution in [2.75, 3.05) is 5.33 Å². The maximum Gasteiger partial charge on any atom is 0.405 e. The minimum Gasteiger partial charge on any atom is -0.508 e. The summed E-state index contributed by atoms with van der Waals surface area (Å²) >= 11 is 10.6. The largest absolute Gasteiger partial charge is 0.508 e. The van der Waals surface area contributed by atoms with Crippen LogP contribution in [0.4, 0.5) is 4.79 Å². The topological polar surface area (TPSA) is 153 Å². The van der Waals surface area contributed by atoms with Crippen molar-refractivity contribution in [2.45, 2.75) is 132 Å². The van der Waals surface area contributed by atoms with Gasteiger partial charge in [-0.15, -0.1) is 0 Å². The van der Waals surface area contributed by atoms with Crippen LogP contribution in [0, 0.1) is 11.8 Å². The molecule has 6 unspecified atom stereocenters. The van der Waals surface area contributed by atoms with Crippen molar-refractivity contribution < 1.29 is 35.1 Å². The molecular weight excluding hydrogens is 810 g/mol. The Labute approximate surface area is 311 Å². The van der Waals surface area contributed by atoms with E-state index in [4.69, 9.17) is 10.5 Å². The smallest absolute Gasteiger partial charge is 0.405 e. The Bertz CT molecular complexity index is 1260. The molecule has 7 N–H and O–H groups in total. The molecule has 8 nitrogen and oxygen atoms in total. The van der Waals surface area contributed by atoms with Gasteiger partial charge in [-0.3, -0.25) is 0 Å². The molecule has 6 atom stereocenters. The number of hydrogen-bond acceptors (Lipinski definition) is 7. The van der Waals surface area contributed by atoms with Gasteiger partial charge < -0.3 is 36.0 Å². The van der Waals surface area contributed by atoms with E-state index in [0.717, 1.165) is 88.8 Å². The lowest BCUT2D eigenvalue weighted by molar-refractivity contribution is 0.0690. The number of aliphatic hydroxyl groups excluding tert-OH is 1. The Morgan fingerprint density at radius 1 is 0.771 bits per heavy atom. The van der Waals surface area contributed by atoms with Gasteiger partial charge in [-0.1, -0.05) is 100 Å². The molecule has 0 aliphatic heterocycles. The number of amides is 1. The van der Waals surface area contributed by atoms with Crippen molar-refractivity contribution in [1.29, 1.82) is 0 Å². The maximum atomic E-state index is 12.0. The number of aromatic hydroxyl groups is 4. The summed E-state index contributed by atoms with van der Waals surface area (Å²) in [6, 6.07) is 6.42. The van der Waals surface area contributed by atoms with Gasteiger partial charge in [0.15, 0.2) is 0 Å². The van der Waals surface area contributed by atoms with Gasteiger partial charge in [0.2, 0.25) is 0 Å². The Morgan fingerprint density at radius 3 is 1.71 bits per heavy atom. The fourth-order valence-corrected chi connectivity index (χ4v) is 8.36. The second-order valence-electron chi connectivity index (χ2n) is 13.7. The van der Waals surface area contributed by atoms with Crippen molar-refractivity contribution in [3.05, 3.63) is 46.5 Å². The van der Waals surface area contributed by atoms with E-state index in [-0.39, 0.29) is 50.4 Å². The number of carbonyl (C=O) groups excluding carboxylic acids is 1. The van der Waals surface area contributed by atoms with E-state index in [2.05, 4.69) is 47.8 Å². The van der Waals surface area contributed by atoms with E-state index < -0.39 is 18.3 Å². The number of nitrogens with two attached hydrogens (primary N) is 1. The van der Waals surface area contributed by atoms with Crippen molar-refractivity contribution >= 4 is 53.9 Å². The zero-order chi connectivity index (χ0) is 35.4. The number of benzene rings is 2. The van der Waals surface area contributed by atoms with E-state index in [1.165, 1.54) is 0 Å². The van der Waals surface area contributed by atoms with Gasteiger partial charge in [-0.05, 0) is 105 Å². The third kappa shape index (κ3) is 12.0. The fourth-order valence-electron chi connectivity index (χ4n) is 7.32. The molecule has 0 saturated heterocycles. The number of aliphatic hydroxyl groups is 1. The predicted molar refractivity (Wildman–Crippen MR) is 202 cm³/mol. The summed E-state index contributed by atoms with van der Waals surface area (Å²) in [4.78, 5) is 12.0. The third-order valence-corrected chi connectivity index (χ3v) is 11.4. The average Bonchev–Trinajstić information content (AvgIpc) is 3.01. The van der Waals surface area contributed by atoms with Crippen LogP contribution >= 0.6 is 47.8 Å². The monoisotopic (exact) mass is 861 g/mol. The highest BCUT2D eigenvalue weighted by Crippen LogP contribution is 2.45. The number of phenols is 4. The highest BCUT2D eigenvalue weighted by molar-refractivity contribution is 9.24. The van der Waals surface area contributed by atoms with Gasteiger partial charge in [-0.25, -0.2) is 4.79 Å². The standard InChI is InChI=1S/C37H54Br3NO7/c1-22-10-3-5-12-24(14-7-8-17-38)33-30(44)20-27(21-31(33)45)36(48-37(41)47)23(2)11-4-6-13-25(15-9-16-32(39)40)34-28(42)18-26(35(22)46)19-29(34)43/h18-25,32,35-36,42-46H,3-17H2,1-2H3,(H2,41,47). The molecule has 0 spiro atoms. The van der Waals surface area contributed by atoms with Gasteiger partial charge in [0.1, 0.15) is 29.1 Å². The van der Waals surface area contributed by atoms with Crippen LogP contribution in [0.1, 0.15) is 150 Å². The molecule has 4 bridgehead atoms. The molecule has 4 aliphatic carbocycles. The molecule has 4 aliphatic rings. The van der Waals surface area contributed by atoms with Crippen LogP contribution in [0.15, 0.2) is 24.3 Å². The third-order valence-electron chi connectivity index (χ3n) is 9.94. The van der Waals surface area contributed by atoms with Crippen molar-refractivity contribution in [3.8, 4) is 23.0 Å². The van der Waals surface area contributed by atoms with Gasteiger partial charge in [0, 0.05) is 22.0 Å². The summed E-state index contributed by atoms with van der Waals surface area (Å²) in [5.41, 5.74) is 7.51. The minimum absolute atomic E-state index is 0.00915. The average molecular weight is 865 g/mol. The first-order valence-electron chi connectivity index (χ1n) is 17.4. The maximum absolute atomic E-state index is 12.0. The lowest BCUT2D eigenvalue weighted by Gasteiger charge is -2.27. The number of primary amides is 1. The zero-order valence-corrected chi connectivity index (χ0v) is 33.0. The molecule has 1 amide bonds. The number of hydrogen-bond donors (Lipinski definition) is 6. The Morgan fingerprint density at radius 2 is 1.23 bits per heavy atom. The molecule has 0 saturated carbocycles. The molecular formula is C37H54Br3NO7. The van der Waals surface area contributed by atoms with E-state index >= 15 is 0 Å². The number of phenolic OH excluding ortho intramolecular Hbond substituents is 4. The summed E-state index contributed by atoms with van der Waals surface area (Å²) in [7, 11) is 0. The Kier molecular flexibility index (Phi) is 17.2. The van der Waals surface area contributed by atoms with Gasteiger partial charge in [-0.2, -0.15) is 0 Å². The lowest BCUT2D eigenvalue weighted by atomic mass is 9.83. The van der Waals surface area contributed by atoms with Crippen molar-refractivity contribution in [3.63, 3.8) is 0 Å². The molecule has 48 heavy (non-hydrogen) atoms. The molecule has 2 aromatic carbocycles. The second kappa shape index (κ2) is 20.2. The molecule has 11 heteroatoms. The minimum atomic E-state index is -0.922. The quantitative estimate of drug-likeness (QED) is 0.108. The highest BCUT2D eigenvalue weighted by atomic mass is 79.9. The Hall–Kier alpha value is -1.69. The first-order chi connectivity index (χ1) is 22.8. The van der Waals surface area contributed by atoms with Gasteiger partial charge in [0.25, 0.3) is 0 Å². The fraction of sp³-hybridized carbons (Fsp3) is 0.649. The molecule has 0 radical (unpaired) electrons. The predicted octanol–water partition coefficient (Wildman–Crippen LogP) is 10.8. The second-order valence-corrected chi connectivity index (χ2v) is 17.9. The van der Waals surface area contributed by atoms with Crippen LogP contribution in [0.25, 0.3) is 0 Å². The lowest BCUT2D eigenvalue weighted by Crippen LogP contribution is -2.22. The molecule has 6 rings (SSSR count). The first kappa shape index (κ1) is 40.7. The van der Waals surface area contributed by atoms with Crippen molar-refractivity contribution in [2.24, 2.45) is 17.6 Å². The summed E-state index contributed by atoms with van der Waals surface area (Å²) in [5.74, 6) is -0.453. The Balaban J connectivity index is 1.98. The number of carbonyl (C=O) groups is 1. The number of rotatable bonds is 9. The van der Waals surface area contributed by atoms with E-state index in [0.29, 0.717) is 28.7 Å². The summed E-state index contributed by atoms with van der Waals surface area (Å²) < 4.78 is 5.75. The molecule has 0 aromatic heterocycles. The van der Waals surface area contributed by atoms with Crippen LogP contribution in [0.3, 0.4) is 0 Å². The van der Waals surface area contributed by atoms with Crippen LogP contribution in [-0.2, 0) is 4.74 Å². The van der Waals surface area contributed by atoms with Crippen LogP contribution in [0.2, 0.25) is 0 Å². The van der Waals surface area contributed by atoms with Gasteiger partial charge >= 0.3 is 6.09 Å². The zero-order valence-electron chi connectivity index (χ0n) is 28.2. The number of halogens is 3. The van der Waals surface area contributed by atoms with Crippen LogP contribution < -0.4 is 5.73 Å². The van der Waals surface area contributed by atoms with E-state index in [9.17, 15) is 30.3 Å². The van der Waals surface area contributed by atoms with Gasteiger partial charge in [0.05, 0.1) is 9.84 Å². The summed E-state index contributed by atoms with van der Waals surface area (Å²) in [6.07, 6.45) is 8.75. The molecule has 0 fully saturated rings. The SMILES string of the molecule is CC1CCCCC(CCCCBr)c2c(O)cc(cc2O)C(OC(N)=O)C(C)CCCCC(CCCC(Br)Br)c2c(O)cc(cc2O)C1O. The van der Waals surface area contributed by atoms with Crippen LogP contribution in [0.5, 0.6) is 23.0 Å². The first-order valence-corrected chi connectivity index (χ1v) is 20.4. The molecule has 270 valence electrons. The number of unbranched alkanes of at least 4 members (excludes halogenated alkanes) is 1. The normalized spacial score (nSPS) is 24.6. The highest BCUT2D eigenvalue weighted by Gasteiger charge is 2.29. The van der Waals surface area contributed by atoms with Crippen LogP contribution in [-0.4, -0.2) is 40.7 Å². The van der Waals surface area contributed by atoms with E-state index in [1.54, 1.807) is 24.3 Å². The van der Waals surface area contributed by atoms with E-state index in [1.807, 2.05) is 13.8 Å².